The molecule has 6 rings (SSSR count). The van der Waals surface area contributed by atoms with Crippen molar-refractivity contribution in [1.29, 1.82) is 10.8 Å². The summed E-state index contributed by atoms with van der Waals surface area (Å²) in [4.78, 5) is 23.0. The van der Waals surface area contributed by atoms with Crippen molar-refractivity contribution in [2.75, 3.05) is 26.2 Å². The third-order valence-electron chi connectivity index (χ3n) is 5.63. The first-order chi connectivity index (χ1) is 26.7. The molecule has 59 heavy (non-hydrogen) atoms. The predicted octanol–water partition coefficient (Wildman–Crippen LogP) is 3.63. The molecule has 29 heteroatoms. The standard InChI is InChI=1S/2C8H12N4.2C3H4N2.2C3H6O.2CHF3O3S.Ni/c2*9-8(11-5-1-2-6-11)12-7-3-4-10-12;2*1-2-4-5-3-1;2*1-3(2)4;2*2-1(3,4)8(5,6)7;/h2*3-4,7,9H,1-2,5-6H2;2*1-3H,(H,4,5);2*1-2H3;2*(H,5,6,7);/q;;;;;;;;+2/p-2. The van der Waals surface area contributed by atoms with Gasteiger partial charge in [0, 0.05) is 75.8 Å². The molecule has 0 unspecified atom stereocenters. The Kier molecular flexibility index (Phi) is 29.8. The summed E-state index contributed by atoms with van der Waals surface area (Å²) < 4.78 is 121. The number of ketones is 2. The largest absolute Gasteiger partial charge is 2.00 e. The summed E-state index contributed by atoms with van der Waals surface area (Å²) in [5.74, 6) is 1.33. The molecule has 0 atom stereocenters. The van der Waals surface area contributed by atoms with E-state index in [0.29, 0.717) is 11.9 Å². The van der Waals surface area contributed by atoms with E-state index in [-0.39, 0.29) is 28.1 Å². The first-order valence-electron chi connectivity index (χ1n) is 16.3. The molecule has 0 aliphatic carbocycles. The van der Waals surface area contributed by atoms with E-state index in [2.05, 4.69) is 30.6 Å². The Balaban J connectivity index is -0.000000628. The zero-order valence-corrected chi connectivity index (χ0v) is 34.4. The average Bonchev–Trinajstić information content (AvgIpc) is 3.98. The molecule has 2 saturated heterocycles. The van der Waals surface area contributed by atoms with Crippen LogP contribution in [-0.4, -0.2) is 136 Å². The molecule has 4 aromatic rings. The average molecular weight is 938 g/mol. The van der Waals surface area contributed by atoms with Gasteiger partial charge in [0.15, 0.2) is 20.2 Å². The maximum absolute atomic E-state index is 10.7. The van der Waals surface area contributed by atoms with Gasteiger partial charge in [0.25, 0.3) is 0 Å². The minimum Gasteiger partial charge on any atom is -0.741 e. The van der Waals surface area contributed by atoms with E-state index in [4.69, 9.17) is 36.8 Å². The molecule has 20 nitrogen and oxygen atoms in total. The van der Waals surface area contributed by atoms with Crippen LogP contribution in [0.2, 0.25) is 0 Å². The third kappa shape index (κ3) is 30.7. The Bertz CT molecular complexity index is 1710. The number of Topliss-reactive ketones (excluding diaryl/α,β-unsaturated/α-hetero) is 2. The Labute approximate surface area is 346 Å². The van der Waals surface area contributed by atoms with Crippen molar-refractivity contribution in [3.63, 3.8) is 0 Å². The van der Waals surface area contributed by atoms with Gasteiger partial charge >= 0.3 is 27.5 Å². The van der Waals surface area contributed by atoms with Crippen LogP contribution in [0.15, 0.2) is 73.8 Å². The summed E-state index contributed by atoms with van der Waals surface area (Å²) in [6.45, 7) is 10.1. The molecule has 0 amide bonds. The van der Waals surface area contributed by atoms with Crippen molar-refractivity contribution >= 4 is 43.7 Å². The van der Waals surface area contributed by atoms with Crippen LogP contribution in [0.1, 0.15) is 53.4 Å². The van der Waals surface area contributed by atoms with E-state index >= 15 is 0 Å². The van der Waals surface area contributed by atoms with Crippen molar-refractivity contribution in [3.05, 3.63) is 73.8 Å². The molecule has 0 aromatic carbocycles. The second kappa shape index (κ2) is 30.1. The van der Waals surface area contributed by atoms with Crippen LogP contribution in [-0.2, 0) is 46.3 Å². The number of carbonyl (C=O) groups excluding carboxylic acids is 2. The normalized spacial score (nSPS) is 12.9. The Morgan fingerprint density at radius 2 is 0.847 bits per heavy atom. The Hall–Kier alpha value is -4.99. The number of hydrogen-bond acceptors (Lipinski definition) is 14. The van der Waals surface area contributed by atoms with Gasteiger partial charge in [-0.2, -0.15) is 46.7 Å². The molecule has 4 N–H and O–H groups in total. The van der Waals surface area contributed by atoms with Crippen molar-refractivity contribution < 1.29 is 78.4 Å². The van der Waals surface area contributed by atoms with Crippen LogP contribution in [0.5, 0.6) is 0 Å². The van der Waals surface area contributed by atoms with Gasteiger partial charge < -0.3 is 28.5 Å². The van der Waals surface area contributed by atoms with Crippen LogP contribution in [0.4, 0.5) is 26.3 Å². The molecule has 2 aliphatic rings. The summed E-state index contributed by atoms with van der Waals surface area (Å²) in [6.07, 6.45) is 18.7. The van der Waals surface area contributed by atoms with Gasteiger partial charge in [-0.25, -0.2) is 26.2 Å². The topological polar surface area (TPSA) is 296 Å². The zero-order chi connectivity index (χ0) is 45.0. The van der Waals surface area contributed by atoms with Gasteiger partial charge in [0.05, 0.1) is 0 Å². The first-order valence-corrected chi connectivity index (χ1v) is 19.1. The van der Waals surface area contributed by atoms with E-state index in [1.54, 1.807) is 58.9 Å². The second-order valence-corrected chi connectivity index (χ2v) is 13.8. The number of nitrogens with one attached hydrogen (secondary N) is 4. The van der Waals surface area contributed by atoms with Crippen LogP contribution in [0.3, 0.4) is 0 Å². The molecule has 0 saturated carbocycles. The fourth-order valence-corrected chi connectivity index (χ4v) is 3.37. The number of carbonyl (C=O) groups is 2. The summed E-state index contributed by atoms with van der Waals surface area (Å²) in [7, 11) is -12.2. The van der Waals surface area contributed by atoms with Gasteiger partial charge in [0.2, 0.25) is 11.9 Å². The molecule has 0 bridgehead atoms. The van der Waals surface area contributed by atoms with E-state index < -0.39 is 31.3 Å². The van der Waals surface area contributed by atoms with Crippen molar-refractivity contribution in [2.24, 2.45) is 0 Å². The fraction of sp³-hybridized carbons (Fsp3) is 0.467. The summed E-state index contributed by atoms with van der Waals surface area (Å²) in [6, 6.07) is 7.34. The molecule has 4 aromatic heterocycles. The summed E-state index contributed by atoms with van der Waals surface area (Å²) in [5, 5.41) is 36.0. The van der Waals surface area contributed by atoms with Gasteiger partial charge in [-0.15, -0.1) is 0 Å². The molecule has 2 fully saturated rings. The van der Waals surface area contributed by atoms with Crippen LogP contribution < -0.4 is 0 Å². The smallest absolute Gasteiger partial charge is 0.741 e. The maximum Gasteiger partial charge on any atom is 2.00 e. The SMILES string of the molecule is CC(C)=O.CC(C)=O.N=C(N1CCCC1)n1cccn1.N=C(N1CCCC1)n1cccn1.O=S(=O)([O-])C(F)(F)F.O=S(=O)([O-])C(F)(F)F.[Ni+2].c1cn[nH]c1.c1cn[nH]c1. The second-order valence-electron chi connectivity index (χ2n) is 11.1. The number of H-pyrrole nitrogens is 2. The number of aromatic nitrogens is 8. The van der Waals surface area contributed by atoms with Gasteiger partial charge in [-0.1, -0.05) is 0 Å². The number of rotatable bonds is 0. The summed E-state index contributed by atoms with van der Waals surface area (Å²) >= 11 is 0. The number of alkyl halides is 6. The van der Waals surface area contributed by atoms with Crippen LogP contribution >= 0.6 is 0 Å². The summed E-state index contributed by atoms with van der Waals surface area (Å²) in [5.41, 5.74) is -11.3. The quantitative estimate of drug-likeness (QED) is 0.0489. The Morgan fingerprint density at radius 1 is 0.593 bits per heavy atom. The van der Waals surface area contributed by atoms with Gasteiger partial charge in [-0.05, 0) is 77.6 Å². The van der Waals surface area contributed by atoms with Gasteiger partial charge in [-0.3, -0.25) is 21.0 Å². The minimum atomic E-state index is -6.09. The number of nitrogens with zero attached hydrogens (tertiary/aromatic N) is 8. The van der Waals surface area contributed by atoms with E-state index in [0.717, 1.165) is 26.2 Å². The van der Waals surface area contributed by atoms with E-state index in [1.807, 2.05) is 34.1 Å². The molecule has 0 radical (unpaired) electrons. The number of halogens is 6. The van der Waals surface area contributed by atoms with Crippen molar-refractivity contribution in [2.45, 2.75) is 64.4 Å². The molecule has 6 heterocycles. The maximum atomic E-state index is 10.7. The predicted molar refractivity (Wildman–Crippen MR) is 194 cm³/mol. The third-order valence-corrected chi connectivity index (χ3v) is 6.77. The molecular weight excluding hydrogens is 893 g/mol. The van der Waals surface area contributed by atoms with Crippen molar-refractivity contribution in [1.82, 2.24) is 49.8 Å². The molecule has 2 aliphatic heterocycles. The van der Waals surface area contributed by atoms with Gasteiger partial charge in [0.1, 0.15) is 11.6 Å². The monoisotopic (exact) mass is 936 g/mol. The van der Waals surface area contributed by atoms with Crippen molar-refractivity contribution in [3.8, 4) is 0 Å². The fourth-order valence-electron chi connectivity index (χ4n) is 3.37. The Morgan fingerprint density at radius 3 is 0.983 bits per heavy atom. The first kappa shape index (κ1) is 58.3. The zero-order valence-electron chi connectivity index (χ0n) is 31.8. The number of aromatic amines is 2. The van der Waals surface area contributed by atoms with Crippen LogP contribution in [0, 0.1) is 10.8 Å². The minimum absolute atomic E-state index is 0. The molecule has 336 valence electrons. The number of likely N-dealkylation sites (tertiary alicyclic amines) is 2. The molecule has 0 spiro atoms. The van der Waals surface area contributed by atoms with E-state index in [1.165, 1.54) is 53.4 Å². The molecular formula is C30H44F6N12NiO8S2. The van der Waals surface area contributed by atoms with E-state index in [9.17, 15) is 35.9 Å². The number of hydrogen-bond donors (Lipinski definition) is 4. The van der Waals surface area contributed by atoms with Crippen LogP contribution in [0.25, 0.3) is 0 Å².